The summed E-state index contributed by atoms with van der Waals surface area (Å²) in [5, 5.41) is 8.86. The second kappa shape index (κ2) is 8.47. The first kappa shape index (κ1) is 19.3. The number of carbonyl (C=O) groups is 3. The lowest BCUT2D eigenvalue weighted by Crippen LogP contribution is -2.41. The molecule has 2 aromatic rings. The molecule has 0 fully saturated rings. The number of aromatic nitrogens is 2. The fourth-order valence-electron chi connectivity index (χ4n) is 2.87. The van der Waals surface area contributed by atoms with Gasteiger partial charge in [0.1, 0.15) is 12.4 Å². The lowest BCUT2D eigenvalue weighted by molar-refractivity contribution is -0.121. The highest BCUT2D eigenvalue weighted by atomic mass is 16.2. The third-order valence-electron chi connectivity index (χ3n) is 4.12. The molecule has 0 radical (unpaired) electrons. The molecule has 3 N–H and O–H groups in total. The van der Waals surface area contributed by atoms with Crippen molar-refractivity contribution >= 4 is 29.5 Å². The van der Waals surface area contributed by atoms with Crippen molar-refractivity contribution in [2.24, 2.45) is 0 Å². The van der Waals surface area contributed by atoms with E-state index in [1.165, 1.54) is 0 Å². The van der Waals surface area contributed by atoms with Gasteiger partial charge < -0.3 is 16.0 Å². The highest BCUT2D eigenvalue weighted by molar-refractivity contribution is 6.22. The van der Waals surface area contributed by atoms with Crippen molar-refractivity contribution in [2.75, 3.05) is 36.8 Å². The Morgan fingerprint density at radius 2 is 1.71 bits per heavy atom. The van der Waals surface area contributed by atoms with Crippen LogP contribution in [-0.4, -0.2) is 58.8 Å². The van der Waals surface area contributed by atoms with Crippen LogP contribution < -0.4 is 16.0 Å². The number of carbonyl (C=O) groups excluding carboxylic acids is 3. The molecule has 3 amide bonds. The van der Waals surface area contributed by atoms with Crippen LogP contribution in [0.4, 0.5) is 11.8 Å². The zero-order valence-corrected chi connectivity index (χ0v) is 15.8. The SMILES string of the molecule is CCNc1nc(C)cc(NCCNC(=O)CN2C(=O)c3ccccc3C2=O)n1. The maximum Gasteiger partial charge on any atom is 0.262 e. The van der Waals surface area contributed by atoms with Crippen molar-refractivity contribution in [3.8, 4) is 0 Å². The van der Waals surface area contributed by atoms with Crippen LogP contribution in [0.1, 0.15) is 33.3 Å². The maximum absolute atomic E-state index is 12.3. The molecular weight excluding hydrogens is 360 g/mol. The Hall–Kier alpha value is -3.49. The molecule has 3 rings (SSSR count). The number of nitrogens with one attached hydrogen (secondary N) is 3. The predicted molar refractivity (Wildman–Crippen MR) is 104 cm³/mol. The Balaban J connectivity index is 1.47. The molecule has 146 valence electrons. The molecule has 9 heteroatoms. The Labute approximate surface area is 162 Å². The van der Waals surface area contributed by atoms with Gasteiger partial charge in [0.25, 0.3) is 11.8 Å². The van der Waals surface area contributed by atoms with Crippen LogP contribution in [0.5, 0.6) is 0 Å². The van der Waals surface area contributed by atoms with E-state index in [0.29, 0.717) is 36.0 Å². The Morgan fingerprint density at radius 1 is 1.04 bits per heavy atom. The van der Waals surface area contributed by atoms with Crippen molar-refractivity contribution in [3.05, 3.63) is 47.2 Å². The number of fused-ring (bicyclic) bond motifs is 1. The highest BCUT2D eigenvalue weighted by Gasteiger charge is 2.36. The molecule has 0 unspecified atom stereocenters. The zero-order valence-electron chi connectivity index (χ0n) is 15.8. The molecular formula is C19H22N6O3. The fourth-order valence-corrected chi connectivity index (χ4v) is 2.87. The summed E-state index contributed by atoms with van der Waals surface area (Å²) in [5.74, 6) is -0.0937. The van der Waals surface area contributed by atoms with Gasteiger partial charge >= 0.3 is 0 Å². The van der Waals surface area contributed by atoms with E-state index in [2.05, 4.69) is 25.9 Å². The van der Waals surface area contributed by atoms with Crippen LogP contribution >= 0.6 is 0 Å². The first-order valence-corrected chi connectivity index (χ1v) is 9.05. The summed E-state index contributed by atoms with van der Waals surface area (Å²) in [6.07, 6.45) is 0. The quantitative estimate of drug-likeness (QED) is 0.461. The van der Waals surface area contributed by atoms with E-state index >= 15 is 0 Å². The summed E-state index contributed by atoms with van der Waals surface area (Å²) in [6, 6.07) is 8.36. The van der Waals surface area contributed by atoms with Crippen LogP contribution in [0.2, 0.25) is 0 Å². The summed E-state index contributed by atoms with van der Waals surface area (Å²) in [4.78, 5) is 46.2. The molecule has 1 aromatic heterocycles. The molecule has 2 heterocycles. The minimum absolute atomic E-state index is 0.302. The number of aryl methyl sites for hydroxylation is 1. The van der Waals surface area contributed by atoms with Crippen molar-refractivity contribution in [3.63, 3.8) is 0 Å². The Bertz CT molecular complexity index is 879. The summed E-state index contributed by atoms with van der Waals surface area (Å²) >= 11 is 0. The number of amides is 3. The monoisotopic (exact) mass is 382 g/mol. The van der Waals surface area contributed by atoms with Gasteiger partial charge in [-0.15, -0.1) is 0 Å². The number of hydrogen-bond acceptors (Lipinski definition) is 7. The third kappa shape index (κ3) is 4.25. The molecule has 1 aromatic carbocycles. The third-order valence-corrected chi connectivity index (χ3v) is 4.12. The van der Waals surface area contributed by atoms with Crippen LogP contribution in [0.3, 0.4) is 0 Å². The first-order valence-electron chi connectivity index (χ1n) is 9.05. The largest absolute Gasteiger partial charge is 0.368 e. The predicted octanol–water partition coefficient (Wildman–Crippen LogP) is 1.04. The van der Waals surface area contributed by atoms with Gasteiger partial charge in [-0.25, -0.2) is 4.98 Å². The minimum atomic E-state index is -0.443. The van der Waals surface area contributed by atoms with Gasteiger partial charge in [-0.05, 0) is 26.0 Å². The average molecular weight is 382 g/mol. The van der Waals surface area contributed by atoms with Crippen LogP contribution in [0.25, 0.3) is 0 Å². The lowest BCUT2D eigenvalue weighted by Gasteiger charge is -2.14. The fraction of sp³-hybridized carbons (Fsp3) is 0.316. The summed E-state index contributed by atoms with van der Waals surface area (Å²) in [7, 11) is 0. The zero-order chi connectivity index (χ0) is 20.1. The normalized spacial score (nSPS) is 12.7. The van der Waals surface area contributed by atoms with Gasteiger partial charge in [-0.2, -0.15) is 4.98 Å². The van der Waals surface area contributed by atoms with Crippen molar-refractivity contribution in [2.45, 2.75) is 13.8 Å². The molecule has 0 saturated carbocycles. The maximum atomic E-state index is 12.3. The van der Waals surface area contributed by atoms with E-state index in [1.54, 1.807) is 30.3 Å². The van der Waals surface area contributed by atoms with E-state index in [-0.39, 0.29) is 6.54 Å². The topological polar surface area (TPSA) is 116 Å². The van der Waals surface area contributed by atoms with E-state index in [9.17, 15) is 14.4 Å². The molecule has 0 bridgehead atoms. The number of hydrogen-bond donors (Lipinski definition) is 3. The van der Waals surface area contributed by atoms with Crippen LogP contribution in [-0.2, 0) is 4.79 Å². The van der Waals surface area contributed by atoms with E-state index in [4.69, 9.17) is 0 Å². The van der Waals surface area contributed by atoms with Gasteiger partial charge in [0, 0.05) is 31.4 Å². The van der Waals surface area contributed by atoms with Gasteiger partial charge in [0.05, 0.1) is 11.1 Å². The number of imide groups is 1. The van der Waals surface area contributed by atoms with Crippen molar-refractivity contribution in [1.29, 1.82) is 0 Å². The molecule has 1 aliphatic heterocycles. The van der Waals surface area contributed by atoms with E-state index in [1.807, 2.05) is 13.8 Å². The molecule has 0 spiro atoms. The Kier molecular flexibility index (Phi) is 5.83. The number of benzene rings is 1. The Morgan fingerprint density at radius 3 is 2.36 bits per heavy atom. The number of anilines is 2. The average Bonchev–Trinajstić information content (AvgIpc) is 2.90. The van der Waals surface area contributed by atoms with Crippen LogP contribution in [0.15, 0.2) is 30.3 Å². The lowest BCUT2D eigenvalue weighted by atomic mass is 10.1. The van der Waals surface area contributed by atoms with Crippen molar-refractivity contribution < 1.29 is 14.4 Å². The smallest absolute Gasteiger partial charge is 0.262 e. The molecule has 0 aliphatic carbocycles. The van der Waals surface area contributed by atoms with Gasteiger partial charge in [-0.1, -0.05) is 12.1 Å². The number of rotatable bonds is 8. The number of nitrogens with zero attached hydrogens (tertiary/aromatic N) is 3. The highest BCUT2D eigenvalue weighted by Crippen LogP contribution is 2.21. The van der Waals surface area contributed by atoms with Crippen molar-refractivity contribution in [1.82, 2.24) is 20.2 Å². The van der Waals surface area contributed by atoms with E-state index < -0.39 is 17.7 Å². The van der Waals surface area contributed by atoms with Crippen LogP contribution in [0, 0.1) is 6.92 Å². The second-order valence-electron chi connectivity index (χ2n) is 6.27. The minimum Gasteiger partial charge on any atom is -0.368 e. The summed E-state index contributed by atoms with van der Waals surface area (Å²) < 4.78 is 0. The standard InChI is InChI=1S/C19H22N6O3/c1-3-20-19-23-12(2)10-15(24-19)21-8-9-22-16(26)11-25-17(27)13-6-4-5-7-14(13)18(25)28/h4-7,10H,3,8-9,11H2,1-2H3,(H,22,26)(H2,20,21,23,24). The van der Waals surface area contributed by atoms with E-state index in [0.717, 1.165) is 17.1 Å². The molecule has 0 atom stereocenters. The summed E-state index contributed by atoms with van der Waals surface area (Å²) in [5.41, 5.74) is 1.48. The van der Waals surface area contributed by atoms with Gasteiger partial charge in [-0.3, -0.25) is 19.3 Å². The molecule has 28 heavy (non-hydrogen) atoms. The molecule has 1 aliphatic rings. The molecule has 9 nitrogen and oxygen atoms in total. The summed E-state index contributed by atoms with van der Waals surface area (Å²) in [6.45, 7) is 5.01. The van der Waals surface area contributed by atoms with Gasteiger partial charge in [0.2, 0.25) is 11.9 Å². The first-order chi connectivity index (χ1) is 13.5. The van der Waals surface area contributed by atoms with Gasteiger partial charge in [0.15, 0.2) is 0 Å². The molecule has 0 saturated heterocycles. The second-order valence-corrected chi connectivity index (χ2v) is 6.27.